The van der Waals surface area contributed by atoms with Crippen molar-refractivity contribution in [2.45, 2.75) is 19.8 Å². The van der Waals surface area contributed by atoms with Crippen molar-refractivity contribution < 1.29 is 14.2 Å². The molecule has 0 atom stereocenters. The molecule has 19 heavy (non-hydrogen) atoms. The standard InChI is InChI=1S/C14H15FN2O2/c1-2-11-13(15)14(17-9-16-11)19-12-6-4-3-5-10(12)7-8-18/h3-6,9,18H,2,7-8H2,1H3. The van der Waals surface area contributed by atoms with Crippen molar-refractivity contribution in [3.8, 4) is 11.6 Å². The van der Waals surface area contributed by atoms with Crippen molar-refractivity contribution in [1.29, 1.82) is 0 Å². The lowest BCUT2D eigenvalue weighted by molar-refractivity contribution is 0.297. The van der Waals surface area contributed by atoms with E-state index in [0.29, 0.717) is 24.3 Å². The van der Waals surface area contributed by atoms with Crippen LogP contribution in [0.2, 0.25) is 0 Å². The lowest BCUT2D eigenvalue weighted by Crippen LogP contribution is -2.01. The number of benzene rings is 1. The molecule has 0 unspecified atom stereocenters. The highest BCUT2D eigenvalue weighted by atomic mass is 19.1. The summed E-state index contributed by atoms with van der Waals surface area (Å²) in [5, 5.41) is 8.99. The summed E-state index contributed by atoms with van der Waals surface area (Å²) < 4.78 is 19.5. The first kappa shape index (κ1) is 13.4. The molecule has 1 aromatic heterocycles. The van der Waals surface area contributed by atoms with Gasteiger partial charge in [0.05, 0.1) is 5.69 Å². The van der Waals surface area contributed by atoms with Crippen LogP contribution in [0, 0.1) is 5.82 Å². The Balaban J connectivity index is 2.31. The summed E-state index contributed by atoms with van der Waals surface area (Å²) >= 11 is 0. The normalized spacial score (nSPS) is 10.5. The van der Waals surface area contributed by atoms with E-state index < -0.39 is 5.82 Å². The van der Waals surface area contributed by atoms with E-state index >= 15 is 0 Å². The van der Waals surface area contributed by atoms with Gasteiger partial charge in [0, 0.05) is 6.61 Å². The van der Waals surface area contributed by atoms with Crippen molar-refractivity contribution >= 4 is 0 Å². The molecular weight excluding hydrogens is 247 g/mol. The summed E-state index contributed by atoms with van der Waals surface area (Å²) in [6, 6.07) is 7.17. The molecule has 0 aliphatic carbocycles. The van der Waals surface area contributed by atoms with E-state index in [1.54, 1.807) is 12.1 Å². The number of aryl methyl sites for hydroxylation is 1. The molecule has 2 rings (SSSR count). The fourth-order valence-electron chi connectivity index (χ4n) is 1.74. The Morgan fingerprint density at radius 1 is 1.26 bits per heavy atom. The maximum atomic E-state index is 14.0. The number of para-hydroxylation sites is 1. The predicted octanol–water partition coefficient (Wildman–Crippen LogP) is 2.51. The number of rotatable bonds is 5. The zero-order chi connectivity index (χ0) is 13.7. The van der Waals surface area contributed by atoms with Crippen molar-refractivity contribution in [3.05, 3.63) is 47.7 Å². The number of aromatic nitrogens is 2. The Hall–Kier alpha value is -2.01. The largest absolute Gasteiger partial charge is 0.436 e. The number of aliphatic hydroxyl groups excluding tert-OH is 1. The van der Waals surface area contributed by atoms with Crippen LogP contribution in [0.25, 0.3) is 0 Å². The molecule has 2 aromatic rings. The van der Waals surface area contributed by atoms with Crippen LogP contribution in [0.15, 0.2) is 30.6 Å². The molecule has 0 spiro atoms. The molecule has 0 amide bonds. The van der Waals surface area contributed by atoms with E-state index in [9.17, 15) is 4.39 Å². The SMILES string of the molecule is CCc1ncnc(Oc2ccccc2CCO)c1F. The molecule has 0 aliphatic heterocycles. The van der Waals surface area contributed by atoms with Crippen molar-refractivity contribution in [2.75, 3.05) is 6.61 Å². The first-order valence-corrected chi connectivity index (χ1v) is 6.12. The van der Waals surface area contributed by atoms with E-state index in [1.165, 1.54) is 6.33 Å². The van der Waals surface area contributed by atoms with Gasteiger partial charge in [-0.25, -0.2) is 4.98 Å². The first-order chi connectivity index (χ1) is 9.26. The van der Waals surface area contributed by atoms with Gasteiger partial charge < -0.3 is 9.84 Å². The third-order valence-electron chi connectivity index (χ3n) is 2.72. The summed E-state index contributed by atoms with van der Waals surface area (Å²) in [5.41, 5.74) is 1.13. The molecule has 100 valence electrons. The zero-order valence-electron chi connectivity index (χ0n) is 10.6. The first-order valence-electron chi connectivity index (χ1n) is 6.12. The Morgan fingerprint density at radius 2 is 2.05 bits per heavy atom. The Bertz CT molecular complexity index is 561. The van der Waals surface area contributed by atoms with Gasteiger partial charge in [-0.2, -0.15) is 9.37 Å². The van der Waals surface area contributed by atoms with Gasteiger partial charge in [0.1, 0.15) is 12.1 Å². The summed E-state index contributed by atoms with van der Waals surface area (Å²) in [6.07, 6.45) is 2.21. The second kappa shape index (κ2) is 6.24. The second-order valence-corrected chi connectivity index (χ2v) is 3.98. The number of nitrogens with zero attached hydrogens (tertiary/aromatic N) is 2. The van der Waals surface area contributed by atoms with Gasteiger partial charge in [0.25, 0.3) is 5.88 Å². The number of ether oxygens (including phenoxy) is 1. The summed E-state index contributed by atoms with van der Waals surface area (Å²) in [5.74, 6) is -0.128. The number of aliphatic hydroxyl groups is 1. The van der Waals surface area contributed by atoms with E-state index in [1.807, 2.05) is 19.1 Å². The molecule has 0 bridgehead atoms. The number of hydrogen-bond donors (Lipinski definition) is 1. The molecule has 1 aromatic carbocycles. The minimum absolute atomic E-state index is 0.00679. The van der Waals surface area contributed by atoms with Gasteiger partial charge >= 0.3 is 0 Å². The van der Waals surface area contributed by atoms with Gasteiger partial charge in [0.2, 0.25) is 5.82 Å². The molecule has 0 fully saturated rings. The van der Waals surface area contributed by atoms with Crippen LogP contribution < -0.4 is 4.74 Å². The van der Waals surface area contributed by atoms with Crippen LogP contribution in [-0.2, 0) is 12.8 Å². The maximum Gasteiger partial charge on any atom is 0.259 e. The summed E-state index contributed by atoms with van der Waals surface area (Å²) in [7, 11) is 0. The van der Waals surface area contributed by atoms with Crippen LogP contribution in [0.4, 0.5) is 4.39 Å². The molecule has 0 aliphatic rings. The maximum absolute atomic E-state index is 14.0. The zero-order valence-corrected chi connectivity index (χ0v) is 10.6. The Kier molecular flexibility index (Phi) is 4.41. The molecule has 4 nitrogen and oxygen atoms in total. The average molecular weight is 262 g/mol. The molecular formula is C14H15FN2O2. The average Bonchev–Trinajstić information content (AvgIpc) is 2.43. The smallest absolute Gasteiger partial charge is 0.259 e. The van der Waals surface area contributed by atoms with Crippen molar-refractivity contribution in [3.63, 3.8) is 0 Å². The van der Waals surface area contributed by atoms with E-state index in [4.69, 9.17) is 9.84 Å². The minimum atomic E-state index is -0.538. The lowest BCUT2D eigenvalue weighted by Gasteiger charge is -2.10. The van der Waals surface area contributed by atoms with Gasteiger partial charge in [0.15, 0.2) is 0 Å². The van der Waals surface area contributed by atoms with E-state index in [0.717, 1.165) is 5.56 Å². The monoisotopic (exact) mass is 262 g/mol. The lowest BCUT2D eigenvalue weighted by atomic mass is 10.1. The third-order valence-corrected chi connectivity index (χ3v) is 2.72. The van der Waals surface area contributed by atoms with Crippen LogP contribution in [0.5, 0.6) is 11.6 Å². The Labute approximate surface area is 110 Å². The predicted molar refractivity (Wildman–Crippen MR) is 68.7 cm³/mol. The minimum Gasteiger partial charge on any atom is -0.436 e. The van der Waals surface area contributed by atoms with Gasteiger partial charge in [-0.05, 0) is 24.5 Å². The van der Waals surface area contributed by atoms with Gasteiger partial charge in [-0.1, -0.05) is 25.1 Å². The quantitative estimate of drug-likeness (QED) is 0.899. The Morgan fingerprint density at radius 3 is 2.79 bits per heavy atom. The summed E-state index contributed by atoms with van der Waals surface area (Å²) in [6.45, 7) is 1.82. The number of hydrogen-bond acceptors (Lipinski definition) is 4. The fourth-order valence-corrected chi connectivity index (χ4v) is 1.74. The fraction of sp³-hybridized carbons (Fsp3) is 0.286. The van der Waals surface area contributed by atoms with Gasteiger partial charge in [-0.15, -0.1) is 0 Å². The highest BCUT2D eigenvalue weighted by Gasteiger charge is 2.13. The van der Waals surface area contributed by atoms with Crippen LogP contribution in [0.3, 0.4) is 0 Å². The molecule has 1 N–H and O–H groups in total. The highest BCUT2D eigenvalue weighted by molar-refractivity contribution is 5.36. The van der Waals surface area contributed by atoms with Crippen molar-refractivity contribution in [1.82, 2.24) is 9.97 Å². The van der Waals surface area contributed by atoms with Gasteiger partial charge in [-0.3, -0.25) is 0 Å². The van der Waals surface area contributed by atoms with E-state index in [-0.39, 0.29) is 12.5 Å². The second-order valence-electron chi connectivity index (χ2n) is 3.98. The van der Waals surface area contributed by atoms with Crippen LogP contribution in [0.1, 0.15) is 18.2 Å². The van der Waals surface area contributed by atoms with Crippen LogP contribution >= 0.6 is 0 Å². The highest BCUT2D eigenvalue weighted by Crippen LogP contribution is 2.26. The van der Waals surface area contributed by atoms with Crippen molar-refractivity contribution in [2.24, 2.45) is 0 Å². The molecule has 0 saturated heterocycles. The molecule has 5 heteroatoms. The molecule has 0 radical (unpaired) electrons. The molecule has 0 saturated carbocycles. The number of halogens is 1. The van der Waals surface area contributed by atoms with E-state index in [2.05, 4.69) is 9.97 Å². The van der Waals surface area contributed by atoms with Crippen LogP contribution in [-0.4, -0.2) is 21.7 Å². The third kappa shape index (κ3) is 3.06. The molecule has 1 heterocycles. The topological polar surface area (TPSA) is 55.2 Å². The summed E-state index contributed by atoms with van der Waals surface area (Å²) in [4.78, 5) is 7.66.